The number of carbonyl (C=O) groups is 2. The first kappa shape index (κ1) is 16.7. The SMILES string of the molecule is CC(=O)N(C)CC(=O)NCC(c1ccccc1)c1ccccc1. The molecule has 2 aromatic rings. The summed E-state index contributed by atoms with van der Waals surface area (Å²) in [7, 11) is 1.62. The number of hydrogen-bond acceptors (Lipinski definition) is 2. The Labute approximate surface area is 137 Å². The van der Waals surface area contributed by atoms with Gasteiger partial charge in [0, 0.05) is 26.4 Å². The molecule has 0 saturated carbocycles. The Balaban J connectivity index is 2.07. The quantitative estimate of drug-likeness (QED) is 0.891. The molecule has 4 heteroatoms. The molecule has 0 spiro atoms. The molecule has 0 aliphatic rings. The first-order chi connectivity index (χ1) is 11.1. The van der Waals surface area contributed by atoms with E-state index in [0.717, 1.165) is 11.1 Å². The summed E-state index contributed by atoms with van der Waals surface area (Å²) < 4.78 is 0. The largest absolute Gasteiger partial charge is 0.354 e. The molecule has 1 N–H and O–H groups in total. The third-order valence-electron chi connectivity index (χ3n) is 3.83. The van der Waals surface area contributed by atoms with Crippen molar-refractivity contribution < 1.29 is 9.59 Å². The Hall–Kier alpha value is -2.62. The van der Waals surface area contributed by atoms with Crippen molar-refractivity contribution in [2.45, 2.75) is 12.8 Å². The van der Waals surface area contributed by atoms with Crippen LogP contribution in [0.1, 0.15) is 24.0 Å². The maximum absolute atomic E-state index is 12.0. The summed E-state index contributed by atoms with van der Waals surface area (Å²) in [6, 6.07) is 20.2. The zero-order chi connectivity index (χ0) is 16.7. The monoisotopic (exact) mass is 310 g/mol. The number of nitrogens with zero attached hydrogens (tertiary/aromatic N) is 1. The van der Waals surface area contributed by atoms with Gasteiger partial charge >= 0.3 is 0 Å². The van der Waals surface area contributed by atoms with Gasteiger partial charge in [-0.25, -0.2) is 0 Å². The molecule has 0 bridgehead atoms. The highest BCUT2D eigenvalue weighted by Gasteiger charge is 2.16. The molecular formula is C19H22N2O2. The molecule has 0 unspecified atom stereocenters. The number of carbonyl (C=O) groups excluding carboxylic acids is 2. The summed E-state index contributed by atoms with van der Waals surface area (Å²) in [6.07, 6.45) is 0. The molecule has 2 rings (SSSR count). The fraction of sp³-hybridized carbons (Fsp3) is 0.263. The Morgan fingerprint density at radius 3 is 1.87 bits per heavy atom. The first-order valence-corrected chi connectivity index (χ1v) is 7.66. The van der Waals surface area contributed by atoms with Crippen LogP contribution in [0.25, 0.3) is 0 Å². The van der Waals surface area contributed by atoms with E-state index in [1.165, 1.54) is 11.8 Å². The van der Waals surface area contributed by atoms with Crippen molar-refractivity contribution in [3.63, 3.8) is 0 Å². The molecule has 2 aromatic carbocycles. The lowest BCUT2D eigenvalue weighted by Crippen LogP contribution is -2.39. The zero-order valence-electron chi connectivity index (χ0n) is 13.5. The second-order valence-corrected chi connectivity index (χ2v) is 5.55. The van der Waals surface area contributed by atoms with Gasteiger partial charge in [-0.1, -0.05) is 60.7 Å². The normalized spacial score (nSPS) is 10.4. The van der Waals surface area contributed by atoms with Crippen LogP contribution in [-0.2, 0) is 9.59 Å². The van der Waals surface area contributed by atoms with Crippen LogP contribution in [0.3, 0.4) is 0 Å². The fourth-order valence-corrected chi connectivity index (χ4v) is 2.40. The summed E-state index contributed by atoms with van der Waals surface area (Å²) in [6.45, 7) is 2.02. The zero-order valence-corrected chi connectivity index (χ0v) is 13.5. The first-order valence-electron chi connectivity index (χ1n) is 7.66. The van der Waals surface area contributed by atoms with Gasteiger partial charge in [-0.15, -0.1) is 0 Å². The second-order valence-electron chi connectivity index (χ2n) is 5.55. The molecule has 4 nitrogen and oxygen atoms in total. The van der Waals surface area contributed by atoms with Crippen LogP contribution in [0.5, 0.6) is 0 Å². The minimum atomic E-state index is -0.153. The van der Waals surface area contributed by atoms with Crippen LogP contribution >= 0.6 is 0 Å². The Kier molecular flexibility index (Phi) is 5.92. The van der Waals surface area contributed by atoms with Crippen molar-refractivity contribution in [2.75, 3.05) is 20.1 Å². The van der Waals surface area contributed by atoms with Gasteiger partial charge < -0.3 is 10.2 Å². The molecule has 0 heterocycles. The van der Waals surface area contributed by atoms with Crippen LogP contribution in [-0.4, -0.2) is 36.9 Å². The van der Waals surface area contributed by atoms with Crippen molar-refractivity contribution in [2.24, 2.45) is 0 Å². The van der Waals surface area contributed by atoms with E-state index in [1.807, 2.05) is 36.4 Å². The van der Waals surface area contributed by atoms with E-state index in [9.17, 15) is 9.59 Å². The van der Waals surface area contributed by atoms with Gasteiger partial charge in [0.1, 0.15) is 0 Å². The number of benzene rings is 2. The molecule has 2 amide bonds. The van der Waals surface area contributed by atoms with Crippen LogP contribution in [0.15, 0.2) is 60.7 Å². The molecule has 0 aliphatic heterocycles. The highest BCUT2D eigenvalue weighted by atomic mass is 16.2. The lowest BCUT2D eigenvalue weighted by atomic mass is 9.91. The number of likely N-dealkylation sites (N-methyl/N-ethyl adjacent to an activating group) is 1. The van der Waals surface area contributed by atoms with E-state index in [4.69, 9.17) is 0 Å². The van der Waals surface area contributed by atoms with E-state index in [0.29, 0.717) is 6.54 Å². The van der Waals surface area contributed by atoms with Crippen LogP contribution in [0.2, 0.25) is 0 Å². The van der Waals surface area contributed by atoms with E-state index < -0.39 is 0 Å². The summed E-state index contributed by atoms with van der Waals surface area (Å²) in [5.41, 5.74) is 2.30. The highest BCUT2D eigenvalue weighted by molar-refractivity contribution is 5.83. The average molecular weight is 310 g/mol. The standard InChI is InChI=1S/C19H22N2O2/c1-15(22)21(2)14-19(23)20-13-18(16-9-5-3-6-10-16)17-11-7-4-8-12-17/h3-12,18H,13-14H2,1-2H3,(H,20,23). The Morgan fingerprint density at radius 2 is 1.43 bits per heavy atom. The number of rotatable bonds is 6. The Morgan fingerprint density at radius 1 is 0.957 bits per heavy atom. The minimum Gasteiger partial charge on any atom is -0.354 e. The summed E-state index contributed by atoms with van der Waals surface area (Å²) in [4.78, 5) is 24.6. The molecular weight excluding hydrogens is 288 g/mol. The van der Waals surface area contributed by atoms with E-state index >= 15 is 0 Å². The number of amides is 2. The molecule has 23 heavy (non-hydrogen) atoms. The summed E-state index contributed by atoms with van der Waals surface area (Å²) in [5, 5.41) is 2.93. The van der Waals surface area contributed by atoms with E-state index in [2.05, 4.69) is 29.6 Å². The van der Waals surface area contributed by atoms with Crippen LogP contribution in [0, 0.1) is 0 Å². The second kappa shape index (κ2) is 8.13. The van der Waals surface area contributed by atoms with Crippen molar-refractivity contribution in [3.05, 3.63) is 71.8 Å². The average Bonchev–Trinajstić information content (AvgIpc) is 2.57. The van der Waals surface area contributed by atoms with Crippen molar-refractivity contribution in [1.82, 2.24) is 10.2 Å². The van der Waals surface area contributed by atoms with Gasteiger partial charge in [-0.2, -0.15) is 0 Å². The molecule has 0 atom stereocenters. The summed E-state index contributed by atoms with van der Waals surface area (Å²) in [5.74, 6) is -0.189. The van der Waals surface area contributed by atoms with E-state index in [-0.39, 0.29) is 24.3 Å². The van der Waals surface area contributed by atoms with Crippen molar-refractivity contribution in [3.8, 4) is 0 Å². The predicted molar refractivity (Wildman–Crippen MR) is 91.0 cm³/mol. The van der Waals surface area contributed by atoms with Crippen LogP contribution in [0.4, 0.5) is 0 Å². The third-order valence-corrected chi connectivity index (χ3v) is 3.83. The summed E-state index contributed by atoms with van der Waals surface area (Å²) >= 11 is 0. The van der Waals surface area contributed by atoms with E-state index in [1.54, 1.807) is 7.05 Å². The lowest BCUT2D eigenvalue weighted by molar-refractivity contribution is -0.133. The van der Waals surface area contributed by atoms with Crippen LogP contribution < -0.4 is 5.32 Å². The topological polar surface area (TPSA) is 49.4 Å². The molecule has 0 radical (unpaired) electrons. The minimum absolute atomic E-state index is 0.0750. The Bertz CT molecular complexity index is 601. The number of nitrogens with one attached hydrogen (secondary N) is 1. The van der Waals surface area contributed by atoms with Crippen molar-refractivity contribution in [1.29, 1.82) is 0 Å². The predicted octanol–water partition coefficient (Wildman–Crippen LogP) is 2.41. The van der Waals surface area contributed by atoms with Gasteiger partial charge in [0.05, 0.1) is 6.54 Å². The fourth-order valence-electron chi connectivity index (χ4n) is 2.40. The maximum Gasteiger partial charge on any atom is 0.239 e. The molecule has 0 fully saturated rings. The number of hydrogen-bond donors (Lipinski definition) is 1. The van der Waals surface area contributed by atoms with Gasteiger partial charge in [0.25, 0.3) is 0 Å². The van der Waals surface area contributed by atoms with Crippen molar-refractivity contribution >= 4 is 11.8 Å². The maximum atomic E-state index is 12.0. The molecule has 0 saturated heterocycles. The molecule has 120 valence electrons. The highest BCUT2D eigenvalue weighted by Crippen LogP contribution is 2.23. The lowest BCUT2D eigenvalue weighted by Gasteiger charge is -2.20. The smallest absolute Gasteiger partial charge is 0.239 e. The van der Waals surface area contributed by atoms with Gasteiger partial charge in [-0.3, -0.25) is 9.59 Å². The van der Waals surface area contributed by atoms with Gasteiger partial charge in [0.2, 0.25) is 11.8 Å². The molecule has 0 aliphatic carbocycles. The van der Waals surface area contributed by atoms with Gasteiger partial charge in [-0.05, 0) is 11.1 Å². The molecule has 0 aromatic heterocycles. The third kappa shape index (κ3) is 4.95. The van der Waals surface area contributed by atoms with Gasteiger partial charge in [0.15, 0.2) is 0 Å².